The van der Waals surface area contributed by atoms with Crippen LogP contribution in [0.25, 0.3) is 0 Å². The van der Waals surface area contributed by atoms with E-state index in [1.54, 1.807) is 52.0 Å². The average molecular weight is 604 g/mol. The van der Waals surface area contributed by atoms with Crippen molar-refractivity contribution < 1.29 is 31.2 Å². The van der Waals surface area contributed by atoms with Gasteiger partial charge < -0.3 is 10.2 Å². The maximum absolute atomic E-state index is 14.1. The van der Waals surface area contributed by atoms with Gasteiger partial charge in [-0.15, -0.1) is 0 Å². The van der Waals surface area contributed by atoms with Gasteiger partial charge in [0, 0.05) is 12.6 Å². The summed E-state index contributed by atoms with van der Waals surface area (Å²) in [6, 6.07) is 15.7. The van der Waals surface area contributed by atoms with Crippen molar-refractivity contribution in [3.8, 4) is 0 Å². The molecule has 42 heavy (non-hydrogen) atoms. The van der Waals surface area contributed by atoms with Crippen LogP contribution >= 0.6 is 0 Å². The van der Waals surface area contributed by atoms with Gasteiger partial charge in [0.2, 0.25) is 11.8 Å². The molecular weight excluding hydrogens is 567 g/mol. The fourth-order valence-corrected chi connectivity index (χ4v) is 5.88. The highest BCUT2D eigenvalue weighted by Gasteiger charge is 2.36. The number of hydrogen-bond donors (Lipinski definition) is 1. The third kappa shape index (κ3) is 7.90. The van der Waals surface area contributed by atoms with Crippen LogP contribution in [0.1, 0.15) is 49.4 Å². The molecule has 0 aromatic heterocycles. The van der Waals surface area contributed by atoms with Crippen LogP contribution in [-0.4, -0.2) is 43.8 Å². The molecule has 7 nitrogen and oxygen atoms in total. The van der Waals surface area contributed by atoms with Crippen molar-refractivity contribution in [3.63, 3.8) is 0 Å². The lowest BCUT2D eigenvalue weighted by Crippen LogP contribution is -2.53. The number of sulfonamides is 1. The number of nitrogens with one attached hydrogen (secondary N) is 1. The fourth-order valence-electron chi connectivity index (χ4n) is 4.47. The van der Waals surface area contributed by atoms with Crippen molar-refractivity contribution in [2.45, 2.75) is 70.7 Å². The van der Waals surface area contributed by atoms with E-state index in [2.05, 4.69) is 5.32 Å². The molecule has 2 amide bonds. The van der Waals surface area contributed by atoms with Crippen LogP contribution in [0.3, 0.4) is 0 Å². The molecule has 0 bridgehead atoms. The molecule has 0 saturated heterocycles. The molecule has 0 saturated carbocycles. The zero-order valence-electron chi connectivity index (χ0n) is 24.3. The Morgan fingerprint density at radius 2 is 1.57 bits per heavy atom. The summed E-state index contributed by atoms with van der Waals surface area (Å²) in [6.07, 6.45) is -4.51. The normalized spacial score (nSPS) is 12.6. The summed E-state index contributed by atoms with van der Waals surface area (Å²) >= 11 is 0. The van der Waals surface area contributed by atoms with E-state index >= 15 is 0 Å². The maximum Gasteiger partial charge on any atom is 0.416 e. The Hall–Kier alpha value is -3.86. The molecule has 0 aliphatic heterocycles. The molecule has 226 valence electrons. The molecule has 3 aromatic carbocycles. The number of carbonyl (C=O) groups is 2. The lowest BCUT2D eigenvalue weighted by molar-refractivity contribution is -0.140. The van der Waals surface area contributed by atoms with E-state index in [-0.39, 0.29) is 29.6 Å². The number of halogens is 3. The van der Waals surface area contributed by atoms with Crippen LogP contribution in [0.15, 0.2) is 77.7 Å². The number of anilines is 1. The van der Waals surface area contributed by atoms with Gasteiger partial charge in [0.05, 0.1) is 16.1 Å². The van der Waals surface area contributed by atoms with Crippen molar-refractivity contribution in [1.29, 1.82) is 0 Å². The molecule has 0 spiro atoms. The smallest absolute Gasteiger partial charge is 0.352 e. The van der Waals surface area contributed by atoms with Gasteiger partial charge in [-0.05, 0) is 75.6 Å². The van der Waals surface area contributed by atoms with Gasteiger partial charge in [0.1, 0.15) is 12.6 Å². The van der Waals surface area contributed by atoms with E-state index in [4.69, 9.17) is 0 Å². The van der Waals surface area contributed by atoms with Crippen molar-refractivity contribution in [3.05, 3.63) is 95.1 Å². The predicted molar refractivity (Wildman–Crippen MR) is 156 cm³/mol. The number of alkyl halides is 3. The maximum atomic E-state index is 14.1. The van der Waals surface area contributed by atoms with Gasteiger partial charge in [0.15, 0.2) is 0 Å². The molecule has 3 aromatic rings. The van der Waals surface area contributed by atoms with Crippen molar-refractivity contribution >= 4 is 27.5 Å². The van der Waals surface area contributed by atoms with Crippen LogP contribution in [0.4, 0.5) is 18.9 Å². The number of benzene rings is 3. The molecule has 11 heteroatoms. The summed E-state index contributed by atoms with van der Waals surface area (Å²) in [5.74, 6) is -1.15. The molecule has 3 rings (SSSR count). The molecule has 0 radical (unpaired) electrons. The highest BCUT2D eigenvalue weighted by atomic mass is 32.2. The van der Waals surface area contributed by atoms with Crippen molar-refractivity contribution in [2.75, 3.05) is 10.8 Å². The summed E-state index contributed by atoms with van der Waals surface area (Å²) in [5.41, 5.74) is 0.998. The standard InChI is InChI=1S/C31H36F3N3O4S/c1-6-28(30(39)35-21(2)3)36(19-24-11-8-7-10-23(24)5)29(38)20-37(26-13-9-12-25(18-26)31(32,33)34)42(40,41)27-16-14-22(4)15-17-27/h7-18,21,28H,6,19-20H2,1-5H3,(H,35,39)/t28-/m0/s1. The van der Waals surface area contributed by atoms with Gasteiger partial charge >= 0.3 is 6.18 Å². The molecule has 1 N–H and O–H groups in total. The van der Waals surface area contributed by atoms with Gasteiger partial charge in [-0.2, -0.15) is 13.2 Å². The topological polar surface area (TPSA) is 86.8 Å². The number of hydrogen-bond acceptors (Lipinski definition) is 4. The number of amides is 2. The van der Waals surface area contributed by atoms with Gasteiger partial charge in [-0.3, -0.25) is 13.9 Å². The first kappa shape index (κ1) is 32.7. The van der Waals surface area contributed by atoms with Gasteiger partial charge in [-0.25, -0.2) is 8.42 Å². The van der Waals surface area contributed by atoms with E-state index in [0.29, 0.717) is 10.4 Å². The minimum atomic E-state index is -4.74. The number of nitrogens with zero attached hydrogens (tertiary/aromatic N) is 2. The highest BCUT2D eigenvalue weighted by molar-refractivity contribution is 7.92. The first-order chi connectivity index (χ1) is 19.6. The van der Waals surface area contributed by atoms with E-state index in [0.717, 1.165) is 28.8 Å². The fraction of sp³-hybridized carbons (Fsp3) is 0.355. The molecule has 0 unspecified atom stereocenters. The highest BCUT2D eigenvalue weighted by Crippen LogP contribution is 2.33. The quantitative estimate of drug-likeness (QED) is 0.298. The molecule has 0 aliphatic rings. The second-order valence-corrected chi connectivity index (χ2v) is 12.3. The first-order valence-electron chi connectivity index (χ1n) is 13.6. The van der Waals surface area contributed by atoms with Crippen LogP contribution in [0.5, 0.6) is 0 Å². The third-order valence-electron chi connectivity index (χ3n) is 6.77. The molecular formula is C31H36F3N3O4S. The van der Waals surface area contributed by atoms with Crippen LogP contribution < -0.4 is 9.62 Å². The Kier molecular flexibility index (Phi) is 10.4. The van der Waals surface area contributed by atoms with E-state index in [1.807, 2.05) is 19.1 Å². The summed E-state index contributed by atoms with van der Waals surface area (Å²) < 4.78 is 69.3. The van der Waals surface area contributed by atoms with Crippen molar-refractivity contribution in [2.24, 2.45) is 0 Å². The SMILES string of the molecule is CC[C@@H](C(=O)NC(C)C)N(Cc1ccccc1C)C(=O)CN(c1cccc(C(F)(F)F)c1)S(=O)(=O)c1ccc(C)cc1. The molecule has 0 fully saturated rings. The predicted octanol–water partition coefficient (Wildman–Crippen LogP) is 5.85. The molecule has 1 atom stereocenters. The van der Waals surface area contributed by atoms with E-state index in [1.165, 1.54) is 23.1 Å². The summed E-state index contributed by atoms with van der Waals surface area (Å²) in [6.45, 7) is 8.08. The summed E-state index contributed by atoms with van der Waals surface area (Å²) in [5, 5.41) is 2.81. The number of carbonyl (C=O) groups excluding carboxylic acids is 2. The number of aryl methyl sites for hydroxylation is 2. The zero-order chi connectivity index (χ0) is 31.2. The van der Waals surface area contributed by atoms with Crippen molar-refractivity contribution in [1.82, 2.24) is 10.2 Å². The van der Waals surface area contributed by atoms with E-state index < -0.39 is 46.2 Å². The largest absolute Gasteiger partial charge is 0.416 e. The zero-order valence-corrected chi connectivity index (χ0v) is 25.1. The average Bonchev–Trinajstić information content (AvgIpc) is 2.92. The molecule has 0 heterocycles. The second kappa shape index (κ2) is 13.4. The van der Waals surface area contributed by atoms with E-state index in [9.17, 15) is 31.2 Å². The Labute approximate surface area is 245 Å². The lowest BCUT2D eigenvalue weighted by Gasteiger charge is -2.34. The number of rotatable bonds is 11. The Morgan fingerprint density at radius 3 is 2.14 bits per heavy atom. The van der Waals surface area contributed by atoms with Crippen LogP contribution in [-0.2, 0) is 32.3 Å². The minimum absolute atomic E-state index is 0.00343. The Balaban J connectivity index is 2.14. The molecule has 0 aliphatic carbocycles. The second-order valence-electron chi connectivity index (χ2n) is 10.4. The Morgan fingerprint density at radius 1 is 0.929 bits per heavy atom. The lowest BCUT2D eigenvalue weighted by atomic mass is 10.1. The van der Waals surface area contributed by atoms with Crippen LogP contribution in [0, 0.1) is 13.8 Å². The van der Waals surface area contributed by atoms with Gasteiger partial charge in [-0.1, -0.05) is 55.0 Å². The van der Waals surface area contributed by atoms with Crippen LogP contribution in [0.2, 0.25) is 0 Å². The third-order valence-corrected chi connectivity index (χ3v) is 8.56. The summed E-state index contributed by atoms with van der Waals surface area (Å²) in [4.78, 5) is 28.4. The van der Waals surface area contributed by atoms with Gasteiger partial charge in [0.25, 0.3) is 10.0 Å². The first-order valence-corrected chi connectivity index (χ1v) is 15.0. The summed E-state index contributed by atoms with van der Waals surface area (Å²) in [7, 11) is -4.50. The Bertz CT molecular complexity index is 1510. The minimum Gasteiger partial charge on any atom is -0.352 e. The monoisotopic (exact) mass is 603 g/mol.